The van der Waals surface area contributed by atoms with Gasteiger partial charge in [-0.05, 0) is 92.1 Å². The fourth-order valence-corrected chi connectivity index (χ4v) is 9.30. The van der Waals surface area contributed by atoms with Gasteiger partial charge >= 0.3 is 0 Å². The van der Waals surface area contributed by atoms with Crippen molar-refractivity contribution >= 4 is 0 Å². The van der Waals surface area contributed by atoms with Crippen molar-refractivity contribution < 1.29 is 0 Å². The predicted molar refractivity (Wildman–Crippen MR) is 153 cm³/mol. The van der Waals surface area contributed by atoms with Gasteiger partial charge < -0.3 is 5.32 Å². The zero-order valence-corrected chi connectivity index (χ0v) is 24.1. The first-order valence-electron chi connectivity index (χ1n) is 16.3. The standard InChI is InChI=1S/C34H56N2/c1-23(2)27-18-11-19-28(24(3)4)34(27)36-33(26-14-6-5-7-15-26)32-22-12-21-31(35-32)30-20-10-16-25-13-8-9-17-29(25)30/h12,21-30,33-34,36H,5-11,13-20H2,1-4H3. The molecule has 1 heterocycles. The number of fused-ring (bicyclic) bond motifs is 1. The lowest BCUT2D eigenvalue weighted by atomic mass is 9.64. The molecule has 0 bridgehead atoms. The van der Waals surface area contributed by atoms with Gasteiger partial charge in [-0.25, -0.2) is 0 Å². The number of hydrogen-bond donors (Lipinski definition) is 1. The lowest BCUT2D eigenvalue weighted by Crippen LogP contribution is -2.51. The van der Waals surface area contributed by atoms with Crippen LogP contribution in [0.15, 0.2) is 18.2 Å². The molecule has 4 aliphatic carbocycles. The SMILES string of the molecule is CC(C)C1CCCC(C(C)C)C1NC(c1cccc(C2CCCC3CCCCC32)n1)C1CCCCC1. The Morgan fingerprint density at radius 1 is 0.694 bits per heavy atom. The molecule has 2 nitrogen and oxygen atoms in total. The average molecular weight is 493 g/mol. The first kappa shape index (κ1) is 26.7. The van der Waals surface area contributed by atoms with Crippen LogP contribution < -0.4 is 5.32 Å². The highest BCUT2D eigenvalue weighted by Gasteiger charge is 2.40. The first-order valence-corrected chi connectivity index (χ1v) is 16.3. The molecule has 1 aromatic rings. The summed E-state index contributed by atoms with van der Waals surface area (Å²) < 4.78 is 0. The third kappa shape index (κ3) is 5.89. The lowest BCUT2D eigenvalue weighted by Gasteiger charge is -2.46. The quantitative estimate of drug-likeness (QED) is 0.410. The summed E-state index contributed by atoms with van der Waals surface area (Å²) in [4.78, 5) is 5.61. The van der Waals surface area contributed by atoms with E-state index < -0.39 is 0 Å². The minimum absolute atomic E-state index is 0.432. The van der Waals surface area contributed by atoms with Gasteiger partial charge in [-0.1, -0.05) is 91.5 Å². The summed E-state index contributed by atoms with van der Waals surface area (Å²) in [6.45, 7) is 9.89. The van der Waals surface area contributed by atoms with Gasteiger partial charge in [-0.2, -0.15) is 0 Å². The number of nitrogens with zero attached hydrogens (tertiary/aromatic N) is 1. The highest BCUT2D eigenvalue weighted by molar-refractivity contribution is 5.20. The molecule has 0 radical (unpaired) electrons. The van der Waals surface area contributed by atoms with E-state index in [1.54, 1.807) is 0 Å². The second-order valence-electron chi connectivity index (χ2n) is 14.0. The van der Waals surface area contributed by atoms with Crippen molar-refractivity contribution in [3.05, 3.63) is 29.6 Å². The molecule has 0 saturated heterocycles. The highest BCUT2D eigenvalue weighted by Crippen LogP contribution is 2.48. The van der Waals surface area contributed by atoms with Crippen molar-refractivity contribution in [3.63, 3.8) is 0 Å². The van der Waals surface area contributed by atoms with Gasteiger partial charge in [-0.15, -0.1) is 0 Å². The van der Waals surface area contributed by atoms with Gasteiger partial charge in [0.05, 0.1) is 11.7 Å². The van der Waals surface area contributed by atoms with Crippen LogP contribution in [0.5, 0.6) is 0 Å². The van der Waals surface area contributed by atoms with E-state index in [-0.39, 0.29) is 0 Å². The minimum atomic E-state index is 0.432. The smallest absolute Gasteiger partial charge is 0.0579 e. The fraction of sp³-hybridized carbons (Fsp3) is 0.853. The van der Waals surface area contributed by atoms with Crippen LogP contribution in [0.3, 0.4) is 0 Å². The van der Waals surface area contributed by atoms with Crippen molar-refractivity contribution in [2.75, 3.05) is 0 Å². The Kier molecular flexibility index (Phi) is 9.13. The maximum absolute atomic E-state index is 5.61. The van der Waals surface area contributed by atoms with Crippen LogP contribution >= 0.6 is 0 Å². The monoisotopic (exact) mass is 492 g/mol. The van der Waals surface area contributed by atoms with Crippen LogP contribution in [0.25, 0.3) is 0 Å². The number of nitrogens with one attached hydrogen (secondary N) is 1. The van der Waals surface area contributed by atoms with E-state index in [9.17, 15) is 0 Å². The Morgan fingerprint density at radius 2 is 1.33 bits per heavy atom. The van der Waals surface area contributed by atoms with Crippen molar-refractivity contribution in [1.29, 1.82) is 0 Å². The number of hydrogen-bond acceptors (Lipinski definition) is 2. The highest BCUT2D eigenvalue weighted by atomic mass is 15.0. The first-order chi connectivity index (χ1) is 17.5. The Balaban J connectivity index is 1.44. The third-order valence-corrected chi connectivity index (χ3v) is 11.3. The molecule has 6 atom stereocenters. The van der Waals surface area contributed by atoms with Gasteiger partial charge in [0.15, 0.2) is 0 Å². The molecule has 0 spiro atoms. The number of rotatable bonds is 7. The van der Waals surface area contributed by atoms with Gasteiger partial charge in [-0.3, -0.25) is 4.98 Å². The van der Waals surface area contributed by atoms with E-state index in [0.717, 1.165) is 41.4 Å². The normalized spacial score (nSPS) is 35.1. The summed E-state index contributed by atoms with van der Waals surface area (Å²) in [5, 5.41) is 4.43. The van der Waals surface area contributed by atoms with E-state index >= 15 is 0 Å². The summed E-state index contributed by atoms with van der Waals surface area (Å²) in [6.07, 6.45) is 21.3. The van der Waals surface area contributed by atoms with Crippen LogP contribution in [0.4, 0.5) is 0 Å². The Bertz CT molecular complexity index is 791. The van der Waals surface area contributed by atoms with Crippen molar-refractivity contribution in [3.8, 4) is 0 Å². The summed E-state index contributed by atoms with van der Waals surface area (Å²) in [6, 6.07) is 8.24. The topological polar surface area (TPSA) is 24.9 Å². The lowest BCUT2D eigenvalue weighted by molar-refractivity contribution is 0.0887. The zero-order valence-electron chi connectivity index (χ0n) is 24.1. The van der Waals surface area contributed by atoms with Crippen molar-refractivity contribution in [2.24, 2.45) is 41.4 Å². The Morgan fingerprint density at radius 3 is 2.06 bits per heavy atom. The van der Waals surface area contributed by atoms with E-state index in [1.807, 2.05) is 0 Å². The molecule has 4 saturated carbocycles. The molecule has 0 amide bonds. The van der Waals surface area contributed by atoms with E-state index in [2.05, 4.69) is 51.2 Å². The van der Waals surface area contributed by atoms with Gasteiger partial charge in [0, 0.05) is 17.7 Å². The largest absolute Gasteiger partial charge is 0.305 e. The van der Waals surface area contributed by atoms with Gasteiger partial charge in [0.25, 0.3) is 0 Å². The van der Waals surface area contributed by atoms with E-state index in [4.69, 9.17) is 4.98 Å². The molecule has 2 heteroatoms. The molecule has 36 heavy (non-hydrogen) atoms. The van der Waals surface area contributed by atoms with Crippen LogP contribution in [0.2, 0.25) is 0 Å². The zero-order chi connectivity index (χ0) is 25.1. The minimum Gasteiger partial charge on any atom is -0.305 e. The van der Waals surface area contributed by atoms with E-state index in [1.165, 1.54) is 108 Å². The number of aromatic nitrogens is 1. The second kappa shape index (κ2) is 12.3. The molecule has 4 fully saturated rings. The predicted octanol–water partition coefficient (Wildman–Crippen LogP) is 9.46. The summed E-state index contributed by atoms with van der Waals surface area (Å²) in [7, 11) is 0. The van der Waals surface area contributed by atoms with Crippen LogP contribution in [-0.4, -0.2) is 11.0 Å². The number of pyridine rings is 1. The third-order valence-electron chi connectivity index (χ3n) is 11.3. The molecule has 5 rings (SSSR count). The Labute approximate surface area is 223 Å². The maximum atomic E-state index is 5.61. The molecular formula is C34H56N2. The average Bonchev–Trinajstić information content (AvgIpc) is 2.91. The van der Waals surface area contributed by atoms with Crippen LogP contribution in [0.1, 0.15) is 147 Å². The van der Waals surface area contributed by atoms with Crippen LogP contribution in [-0.2, 0) is 0 Å². The molecule has 202 valence electrons. The second-order valence-corrected chi connectivity index (χ2v) is 14.0. The summed E-state index contributed by atoms with van der Waals surface area (Å²) >= 11 is 0. The van der Waals surface area contributed by atoms with Gasteiger partial charge in [0.2, 0.25) is 0 Å². The van der Waals surface area contributed by atoms with Crippen molar-refractivity contribution in [1.82, 2.24) is 10.3 Å². The van der Waals surface area contributed by atoms with Crippen molar-refractivity contribution in [2.45, 2.75) is 142 Å². The summed E-state index contributed by atoms with van der Waals surface area (Å²) in [5.74, 6) is 6.40. The van der Waals surface area contributed by atoms with E-state index in [0.29, 0.717) is 18.0 Å². The molecule has 1 N–H and O–H groups in total. The molecule has 0 aromatic carbocycles. The molecular weight excluding hydrogens is 436 g/mol. The molecule has 4 aliphatic rings. The molecule has 0 aliphatic heterocycles. The molecule has 6 unspecified atom stereocenters. The van der Waals surface area contributed by atoms with Gasteiger partial charge in [0.1, 0.15) is 0 Å². The summed E-state index contributed by atoms with van der Waals surface area (Å²) in [5.41, 5.74) is 2.82. The maximum Gasteiger partial charge on any atom is 0.0579 e. The molecule has 1 aromatic heterocycles. The van der Waals surface area contributed by atoms with Crippen LogP contribution in [0, 0.1) is 41.4 Å². The Hall–Kier alpha value is -0.890. The fourth-order valence-electron chi connectivity index (χ4n) is 9.30.